The maximum Gasteiger partial charge on any atom is 0.254 e. The monoisotopic (exact) mass is 363 g/mol. The predicted molar refractivity (Wildman–Crippen MR) is 101 cm³/mol. The van der Waals surface area contributed by atoms with Crippen molar-refractivity contribution in [3.05, 3.63) is 63.4 Å². The third-order valence-electron chi connectivity index (χ3n) is 4.04. The van der Waals surface area contributed by atoms with Gasteiger partial charge in [0.1, 0.15) is 4.64 Å². The molecule has 0 spiro atoms. The van der Waals surface area contributed by atoms with Crippen LogP contribution in [0, 0.1) is 4.64 Å². The number of amides is 1. The van der Waals surface area contributed by atoms with E-state index >= 15 is 0 Å². The molecule has 1 aromatic heterocycles. The largest absolute Gasteiger partial charge is 0.352 e. The molecule has 0 saturated heterocycles. The zero-order valence-corrected chi connectivity index (χ0v) is 15.5. The van der Waals surface area contributed by atoms with Crippen molar-refractivity contribution in [1.82, 2.24) is 15.2 Å². The normalized spacial score (nSPS) is 12.2. The first-order chi connectivity index (χ1) is 11.6. The van der Waals surface area contributed by atoms with Crippen LogP contribution < -0.4 is 5.32 Å². The summed E-state index contributed by atoms with van der Waals surface area (Å²) in [6.07, 6.45) is 1.71. The van der Waals surface area contributed by atoms with Crippen LogP contribution in [0.5, 0.6) is 0 Å². The summed E-state index contributed by atoms with van der Waals surface area (Å²) < 4.78 is 0.437. The van der Waals surface area contributed by atoms with Gasteiger partial charge in [-0.2, -0.15) is 0 Å². The molecule has 0 fully saturated rings. The van der Waals surface area contributed by atoms with E-state index in [1.54, 1.807) is 18.3 Å². The molecule has 1 unspecified atom stereocenters. The van der Waals surface area contributed by atoms with Crippen molar-refractivity contribution >= 4 is 29.7 Å². The highest BCUT2D eigenvalue weighted by molar-refractivity contribution is 7.71. The average Bonchev–Trinajstić information content (AvgIpc) is 2.59. The first-order valence-electron chi connectivity index (χ1n) is 8.02. The van der Waals surface area contributed by atoms with Gasteiger partial charge in [-0.25, -0.2) is 0 Å². The fourth-order valence-corrected chi connectivity index (χ4v) is 3.22. The lowest BCUT2D eigenvalue weighted by molar-refractivity contribution is 0.0934. The van der Waals surface area contributed by atoms with Crippen molar-refractivity contribution in [2.24, 2.45) is 0 Å². The molecule has 0 radical (unpaired) electrons. The summed E-state index contributed by atoms with van der Waals surface area (Å²) in [4.78, 5) is 17.6. The number of likely N-dealkylation sites (N-methyl/N-ethyl adjacent to an activating group) is 1. The first kappa shape index (κ1) is 18.6. The van der Waals surface area contributed by atoms with Crippen molar-refractivity contribution in [2.45, 2.75) is 19.9 Å². The van der Waals surface area contributed by atoms with Crippen molar-refractivity contribution < 1.29 is 4.79 Å². The van der Waals surface area contributed by atoms with Crippen LogP contribution in [-0.2, 0) is 0 Å². The Bertz CT molecular complexity index is 743. The molecule has 0 aliphatic carbocycles. The quantitative estimate of drug-likeness (QED) is 0.724. The Hall–Kier alpha value is -1.69. The number of carbonyl (C=O) groups excluding carboxylic acids is 1. The zero-order chi connectivity index (χ0) is 17.5. The number of hydrogen-bond donors (Lipinski definition) is 2. The van der Waals surface area contributed by atoms with Gasteiger partial charge in [-0.3, -0.25) is 9.69 Å². The molecule has 1 heterocycles. The van der Waals surface area contributed by atoms with Gasteiger partial charge in [0.15, 0.2) is 0 Å². The van der Waals surface area contributed by atoms with E-state index in [0.29, 0.717) is 21.8 Å². The van der Waals surface area contributed by atoms with Gasteiger partial charge < -0.3 is 10.3 Å². The fraction of sp³-hybridized carbons (Fsp3) is 0.333. The summed E-state index contributed by atoms with van der Waals surface area (Å²) in [5.74, 6) is -0.180. The predicted octanol–water partition coefficient (Wildman–Crippen LogP) is 4.21. The molecule has 0 aliphatic heterocycles. The topological polar surface area (TPSA) is 48.1 Å². The second kappa shape index (κ2) is 8.97. The van der Waals surface area contributed by atoms with Crippen LogP contribution in [-0.4, -0.2) is 35.4 Å². The first-order valence-corrected chi connectivity index (χ1v) is 8.81. The standard InChI is InChI=1S/C18H22ClN3OS/c1-3-22(4-2)16(13-8-5-6-10-15(13)19)12-21-17(23)14-9-7-11-20-18(14)24/h5-11,16H,3-4,12H2,1-2H3,(H,20,24)(H,21,23). The number of nitrogens with one attached hydrogen (secondary N) is 2. The molecule has 24 heavy (non-hydrogen) atoms. The van der Waals surface area contributed by atoms with E-state index in [0.717, 1.165) is 18.7 Å². The molecule has 4 nitrogen and oxygen atoms in total. The number of H-pyrrole nitrogens is 1. The number of aromatic nitrogens is 1. The van der Waals surface area contributed by atoms with Gasteiger partial charge in [0.25, 0.3) is 5.91 Å². The Labute approximate surface area is 152 Å². The minimum Gasteiger partial charge on any atom is -0.352 e. The van der Waals surface area contributed by atoms with Gasteiger partial charge in [-0.1, -0.05) is 55.9 Å². The Kier molecular flexibility index (Phi) is 6.97. The number of benzene rings is 1. The zero-order valence-electron chi connectivity index (χ0n) is 13.9. The fourth-order valence-electron chi connectivity index (χ4n) is 2.73. The van der Waals surface area contributed by atoms with Crippen molar-refractivity contribution in [3.8, 4) is 0 Å². The average molecular weight is 364 g/mol. The third kappa shape index (κ3) is 4.44. The van der Waals surface area contributed by atoms with Gasteiger partial charge >= 0.3 is 0 Å². The van der Waals surface area contributed by atoms with Crippen LogP contribution in [0.1, 0.15) is 35.8 Å². The lowest BCUT2D eigenvalue weighted by Crippen LogP contribution is -2.38. The van der Waals surface area contributed by atoms with Crippen molar-refractivity contribution in [3.63, 3.8) is 0 Å². The number of aromatic amines is 1. The molecule has 1 amide bonds. The Balaban J connectivity index is 2.20. The number of rotatable bonds is 7. The van der Waals surface area contributed by atoms with Crippen LogP contribution in [0.4, 0.5) is 0 Å². The van der Waals surface area contributed by atoms with Gasteiger partial charge in [-0.15, -0.1) is 0 Å². The van der Waals surface area contributed by atoms with E-state index < -0.39 is 0 Å². The van der Waals surface area contributed by atoms with E-state index in [9.17, 15) is 4.79 Å². The second-order valence-corrected chi connectivity index (χ2v) is 6.20. The molecule has 2 N–H and O–H groups in total. The maximum atomic E-state index is 12.4. The van der Waals surface area contributed by atoms with Crippen LogP contribution in [0.25, 0.3) is 0 Å². The van der Waals surface area contributed by atoms with E-state index in [1.165, 1.54) is 0 Å². The summed E-state index contributed by atoms with van der Waals surface area (Å²) in [6.45, 7) is 6.40. The molecule has 128 valence electrons. The summed E-state index contributed by atoms with van der Waals surface area (Å²) >= 11 is 11.5. The summed E-state index contributed by atoms with van der Waals surface area (Å²) in [6, 6.07) is 11.3. The minimum atomic E-state index is -0.180. The number of halogens is 1. The Morgan fingerprint density at radius 2 is 1.96 bits per heavy atom. The van der Waals surface area contributed by atoms with E-state index in [2.05, 4.69) is 29.0 Å². The molecule has 1 atom stereocenters. The van der Waals surface area contributed by atoms with Gasteiger partial charge in [0.05, 0.1) is 11.6 Å². The smallest absolute Gasteiger partial charge is 0.254 e. The van der Waals surface area contributed by atoms with Gasteiger partial charge in [-0.05, 0) is 36.9 Å². The van der Waals surface area contributed by atoms with Gasteiger partial charge in [0.2, 0.25) is 0 Å². The SMILES string of the molecule is CCN(CC)C(CNC(=O)c1ccc[nH]c1=S)c1ccccc1Cl. The van der Waals surface area contributed by atoms with Crippen LogP contribution >= 0.6 is 23.8 Å². The summed E-state index contributed by atoms with van der Waals surface area (Å²) in [5, 5.41) is 3.70. The Morgan fingerprint density at radius 3 is 2.58 bits per heavy atom. The Morgan fingerprint density at radius 1 is 1.25 bits per heavy atom. The third-order valence-corrected chi connectivity index (χ3v) is 4.72. The highest BCUT2D eigenvalue weighted by atomic mass is 35.5. The highest BCUT2D eigenvalue weighted by Crippen LogP contribution is 2.27. The lowest BCUT2D eigenvalue weighted by Gasteiger charge is -2.30. The lowest BCUT2D eigenvalue weighted by atomic mass is 10.0. The molecule has 6 heteroatoms. The summed E-state index contributed by atoms with van der Waals surface area (Å²) in [5.41, 5.74) is 1.49. The molecule has 2 aromatic rings. The van der Waals surface area contributed by atoms with Gasteiger partial charge in [0, 0.05) is 17.8 Å². The second-order valence-electron chi connectivity index (χ2n) is 5.38. The van der Waals surface area contributed by atoms with Crippen LogP contribution in [0.3, 0.4) is 0 Å². The van der Waals surface area contributed by atoms with E-state index in [1.807, 2.05) is 24.3 Å². The van der Waals surface area contributed by atoms with Crippen LogP contribution in [0.2, 0.25) is 5.02 Å². The molecular weight excluding hydrogens is 342 g/mol. The molecule has 2 rings (SSSR count). The van der Waals surface area contributed by atoms with E-state index in [4.69, 9.17) is 23.8 Å². The summed E-state index contributed by atoms with van der Waals surface area (Å²) in [7, 11) is 0. The number of carbonyl (C=O) groups is 1. The highest BCUT2D eigenvalue weighted by Gasteiger charge is 2.21. The van der Waals surface area contributed by atoms with Crippen molar-refractivity contribution in [1.29, 1.82) is 0 Å². The van der Waals surface area contributed by atoms with Crippen LogP contribution in [0.15, 0.2) is 42.6 Å². The number of pyridine rings is 1. The molecule has 1 aromatic carbocycles. The minimum absolute atomic E-state index is 0.0129. The molecule has 0 saturated carbocycles. The molecule has 0 bridgehead atoms. The maximum absolute atomic E-state index is 12.4. The number of nitrogens with zero attached hydrogens (tertiary/aromatic N) is 1. The molecular formula is C18H22ClN3OS. The number of hydrogen-bond acceptors (Lipinski definition) is 3. The van der Waals surface area contributed by atoms with E-state index in [-0.39, 0.29) is 11.9 Å². The molecule has 0 aliphatic rings. The van der Waals surface area contributed by atoms with Crippen molar-refractivity contribution in [2.75, 3.05) is 19.6 Å².